The van der Waals surface area contributed by atoms with Gasteiger partial charge in [-0.1, -0.05) is 41.9 Å². The second-order valence-corrected chi connectivity index (χ2v) is 7.07. The third-order valence-corrected chi connectivity index (χ3v) is 4.90. The predicted molar refractivity (Wildman–Crippen MR) is 118 cm³/mol. The Labute approximate surface area is 177 Å². The highest BCUT2D eigenvalue weighted by Gasteiger charge is 2.15. The number of fused-ring (bicyclic) bond motifs is 1. The van der Waals surface area contributed by atoms with Crippen molar-refractivity contribution in [2.75, 3.05) is 12.4 Å². The first-order valence-corrected chi connectivity index (χ1v) is 9.62. The van der Waals surface area contributed by atoms with E-state index in [9.17, 15) is 9.59 Å². The normalized spacial score (nSPS) is 10.7. The maximum absolute atomic E-state index is 12.8. The highest BCUT2D eigenvalue weighted by molar-refractivity contribution is 6.31. The van der Waals surface area contributed by atoms with E-state index in [0.717, 1.165) is 5.56 Å². The summed E-state index contributed by atoms with van der Waals surface area (Å²) in [5.74, 6) is 0.348. The monoisotopic (exact) mass is 419 g/mol. The van der Waals surface area contributed by atoms with Crippen LogP contribution in [0.1, 0.15) is 0 Å². The van der Waals surface area contributed by atoms with Gasteiger partial charge in [-0.25, -0.2) is 4.79 Å². The predicted octanol–water partition coefficient (Wildman–Crippen LogP) is 4.36. The van der Waals surface area contributed by atoms with Crippen LogP contribution < -0.4 is 15.7 Å². The topological polar surface area (TPSA) is 73.2 Å². The van der Waals surface area contributed by atoms with E-state index in [1.807, 2.05) is 30.3 Å². The van der Waals surface area contributed by atoms with Crippen molar-refractivity contribution in [3.63, 3.8) is 0 Å². The summed E-state index contributed by atoms with van der Waals surface area (Å²) in [7, 11) is 1.57. The van der Waals surface area contributed by atoms with Gasteiger partial charge in [0.15, 0.2) is 0 Å². The van der Waals surface area contributed by atoms with Crippen molar-refractivity contribution >= 4 is 34.1 Å². The number of hydrogen-bond donors (Lipinski definition) is 1. The molecule has 0 aliphatic carbocycles. The van der Waals surface area contributed by atoms with Gasteiger partial charge in [-0.2, -0.15) is 4.98 Å². The summed E-state index contributed by atoms with van der Waals surface area (Å²) in [6, 6.07) is 21.5. The molecule has 0 unspecified atom stereocenters. The number of methoxy groups -OCH3 is 1. The SMILES string of the molecule is COc1ccc(NC(=O)Cn2c(=O)nc(-c3ccccc3)c3cc(Cl)ccc32)cc1. The Kier molecular flexibility index (Phi) is 5.50. The number of ether oxygens (including phenoxy) is 1. The standard InChI is InChI=1S/C23H18ClN3O3/c1-30-18-10-8-17(9-11-18)25-21(28)14-27-20-12-7-16(24)13-19(20)22(26-23(27)29)15-5-3-2-4-6-15/h2-13H,14H2,1H3,(H,25,28). The minimum Gasteiger partial charge on any atom is -0.497 e. The van der Waals surface area contributed by atoms with Gasteiger partial charge in [0, 0.05) is 21.7 Å². The molecule has 6 nitrogen and oxygen atoms in total. The average Bonchev–Trinajstić information content (AvgIpc) is 2.76. The first-order chi connectivity index (χ1) is 14.5. The lowest BCUT2D eigenvalue weighted by Crippen LogP contribution is -2.30. The molecule has 0 fully saturated rings. The van der Waals surface area contributed by atoms with Crippen LogP contribution in [0.15, 0.2) is 77.6 Å². The zero-order valence-corrected chi connectivity index (χ0v) is 16.9. The Hall–Kier alpha value is -3.64. The molecule has 0 saturated heterocycles. The number of nitrogens with zero attached hydrogens (tertiary/aromatic N) is 2. The quantitative estimate of drug-likeness (QED) is 0.521. The number of hydrogen-bond acceptors (Lipinski definition) is 4. The van der Waals surface area contributed by atoms with E-state index in [-0.39, 0.29) is 12.5 Å². The Balaban J connectivity index is 1.71. The molecule has 0 aliphatic rings. The summed E-state index contributed by atoms with van der Waals surface area (Å²) in [4.78, 5) is 29.7. The van der Waals surface area contributed by atoms with E-state index in [1.165, 1.54) is 4.57 Å². The molecule has 30 heavy (non-hydrogen) atoms. The second kappa shape index (κ2) is 8.39. The molecule has 1 heterocycles. The largest absolute Gasteiger partial charge is 0.497 e. The van der Waals surface area contributed by atoms with Crippen molar-refractivity contribution in [1.29, 1.82) is 0 Å². The van der Waals surface area contributed by atoms with Crippen LogP contribution in [0.4, 0.5) is 5.69 Å². The molecule has 3 aromatic carbocycles. The number of anilines is 1. The highest BCUT2D eigenvalue weighted by atomic mass is 35.5. The number of halogens is 1. The second-order valence-electron chi connectivity index (χ2n) is 6.63. The molecule has 0 aliphatic heterocycles. The first kappa shape index (κ1) is 19.7. The van der Waals surface area contributed by atoms with Crippen molar-refractivity contribution in [3.8, 4) is 17.0 Å². The number of carbonyl (C=O) groups is 1. The van der Waals surface area contributed by atoms with Crippen LogP contribution in [-0.2, 0) is 11.3 Å². The van der Waals surface area contributed by atoms with Crippen LogP contribution in [0.25, 0.3) is 22.2 Å². The third-order valence-electron chi connectivity index (χ3n) is 4.67. The van der Waals surface area contributed by atoms with Gasteiger partial charge in [-0.3, -0.25) is 9.36 Å². The molecule has 0 spiro atoms. The number of amides is 1. The Bertz CT molecular complexity index is 1270. The van der Waals surface area contributed by atoms with Gasteiger partial charge in [0.1, 0.15) is 12.3 Å². The first-order valence-electron chi connectivity index (χ1n) is 9.24. The summed E-state index contributed by atoms with van der Waals surface area (Å²) in [6.07, 6.45) is 0. The van der Waals surface area contributed by atoms with E-state index in [0.29, 0.717) is 33.1 Å². The maximum Gasteiger partial charge on any atom is 0.349 e. The molecular weight excluding hydrogens is 402 g/mol. The van der Waals surface area contributed by atoms with Crippen molar-refractivity contribution in [2.45, 2.75) is 6.54 Å². The molecule has 0 atom stereocenters. The fourth-order valence-corrected chi connectivity index (χ4v) is 3.41. The average molecular weight is 420 g/mol. The molecule has 150 valence electrons. The summed E-state index contributed by atoms with van der Waals surface area (Å²) in [5, 5.41) is 4.01. The van der Waals surface area contributed by atoms with Gasteiger partial charge in [0.05, 0.1) is 18.3 Å². The zero-order valence-electron chi connectivity index (χ0n) is 16.1. The van der Waals surface area contributed by atoms with Crippen LogP contribution in [0.3, 0.4) is 0 Å². The van der Waals surface area contributed by atoms with Crippen LogP contribution in [0.5, 0.6) is 5.75 Å². The fraction of sp³-hybridized carbons (Fsp3) is 0.0870. The molecule has 7 heteroatoms. The van der Waals surface area contributed by atoms with Crippen LogP contribution in [-0.4, -0.2) is 22.6 Å². The van der Waals surface area contributed by atoms with Crippen molar-refractivity contribution in [3.05, 3.63) is 88.3 Å². The van der Waals surface area contributed by atoms with Gasteiger partial charge in [0.2, 0.25) is 5.91 Å². The smallest absolute Gasteiger partial charge is 0.349 e. The summed E-state index contributed by atoms with van der Waals surface area (Å²) in [6.45, 7) is -0.176. The zero-order chi connectivity index (χ0) is 21.1. The number of rotatable bonds is 5. The van der Waals surface area contributed by atoms with Crippen LogP contribution >= 0.6 is 11.6 Å². The Morgan fingerprint density at radius 1 is 1.07 bits per heavy atom. The van der Waals surface area contributed by atoms with Gasteiger partial charge in [0.25, 0.3) is 0 Å². The van der Waals surface area contributed by atoms with Gasteiger partial charge in [-0.15, -0.1) is 0 Å². The van der Waals surface area contributed by atoms with E-state index in [4.69, 9.17) is 16.3 Å². The Morgan fingerprint density at radius 2 is 1.80 bits per heavy atom. The van der Waals surface area contributed by atoms with Gasteiger partial charge < -0.3 is 10.1 Å². The van der Waals surface area contributed by atoms with E-state index < -0.39 is 5.69 Å². The molecule has 1 aromatic heterocycles. The van der Waals surface area contributed by atoms with E-state index in [2.05, 4.69) is 10.3 Å². The third kappa shape index (κ3) is 4.04. The lowest BCUT2D eigenvalue weighted by atomic mass is 10.1. The Morgan fingerprint density at radius 3 is 2.50 bits per heavy atom. The number of aromatic nitrogens is 2. The summed E-state index contributed by atoms with van der Waals surface area (Å²) >= 11 is 6.20. The summed E-state index contributed by atoms with van der Waals surface area (Å²) in [5.41, 5.74) is 2.02. The molecule has 0 bridgehead atoms. The minimum absolute atomic E-state index is 0.176. The van der Waals surface area contributed by atoms with Crippen molar-refractivity contribution in [1.82, 2.24) is 9.55 Å². The molecule has 4 rings (SSSR count). The maximum atomic E-state index is 12.8. The number of nitrogens with one attached hydrogen (secondary N) is 1. The lowest BCUT2D eigenvalue weighted by Gasteiger charge is -2.13. The highest BCUT2D eigenvalue weighted by Crippen LogP contribution is 2.27. The van der Waals surface area contributed by atoms with E-state index in [1.54, 1.807) is 49.6 Å². The van der Waals surface area contributed by atoms with Crippen LogP contribution in [0.2, 0.25) is 5.02 Å². The van der Waals surface area contributed by atoms with Crippen molar-refractivity contribution < 1.29 is 9.53 Å². The minimum atomic E-state index is -0.506. The van der Waals surface area contributed by atoms with Gasteiger partial charge >= 0.3 is 5.69 Å². The fourth-order valence-electron chi connectivity index (χ4n) is 3.24. The molecule has 1 N–H and O–H groups in total. The summed E-state index contributed by atoms with van der Waals surface area (Å²) < 4.78 is 6.46. The van der Waals surface area contributed by atoms with Crippen LogP contribution in [0, 0.1) is 0 Å². The van der Waals surface area contributed by atoms with Gasteiger partial charge in [-0.05, 0) is 42.5 Å². The lowest BCUT2D eigenvalue weighted by molar-refractivity contribution is -0.116. The van der Waals surface area contributed by atoms with Crippen molar-refractivity contribution in [2.24, 2.45) is 0 Å². The number of carbonyl (C=O) groups excluding carboxylic acids is 1. The molecule has 1 amide bonds. The molecule has 0 saturated carbocycles. The molecule has 4 aromatic rings. The number of benzene rings is 3. The molecule has 0 radical (unpaired) electrons. The van der Waals surface area contributed by atoms with E-state index >= 15 is 0 Å². The molecular formula is C23H18ClN3O3.